The number of halogens is 2. The molecular weight excluding hydrogens is 291 g/mol. The van der Waals surface area contributed by atoms with E-state index in [0.29, 0.717) is 6.42 Å². The zero-order chi connectivity index (χ0) is 12.8. The lowest BCUT2D eigenvalue weighted by atomic mass is 10.1. The van der Waals surface area contributed by atoms with E-state index in [0.717, 1.165) is 4.47 Å². The van der Waals surface area contributed by atoms with Crippen LogP contribution in [0.4, 0.5) is 4.39 Å². The van der Waals surface area contributed by atoms with Gasteiger partial charge in [-0.1, -0.05) is 35.0 Å². The minimum Gasteiger partial charge on any atom is -0.463 e. The number of rotatable bonds is 5. The van der Waals surface area contributed by atoms with E-state index in [1.165, 1.54) is 12.1 Å². The highest BCUT2D eigenvalue weighted by atomic mass is 79.9. The largest absolute Gasteiger partial charge is 0.463 e. The molecule has 0 saturated carbocycles. The van der Waals surface area contributed by atoms with E-state index < -0.39 is 17.9 Å². The third-order valence-corrected chi connectivity index (χ3v) is 2.54. The molecule has 0 bridgehead atoms. The summed E-state index contributed by atoms with van der Waals surface area (Å²) in [5.41, 5.74) is 0.147. The van der Waals surface area contributed by atoms with Gasteiger partial charge in [-0.25, -0.2) is 9.18 Å². The molecule has 3 nitrogen and oxygen atoms in total. The molecule has 1 atom stereocenters. The molecule has 0 aliphatic carbocycles. The van der Waals surface area contributed by atoms with Gasteiger partial charge < -0.3 is 4.74 Å². The molecule has 0 N–H and O–H groups in total. The Bertz CT molecular complexity index is 403. The standard InChI is InChI=1S/C12H12BrFO3/c1-2-7-17-12(16)10(14)11(15)8-3-5-9(13)6-4-8/h3-6,10H,2,7H2,1H3. The van der Waals surface area contributed by atoms with Crippen molar-refractivity contribution in [3.8, 4) is 0 Å². The second-order valence-electron chi connectivity index (χ2n) is 3.40. The Labute approximate surface area is 107 Å². The van der Waals surface area contributed by atoms with Gasteiger partial charge in [0.15, 0.2) is 0 Å². The number of esters is 1. The Kier molecular flexibility index (Phi) is 5.28. The lowest BCUT2D eigenvalue weighted by Crippen LogP contribution is -2.28. The van der Waals surface area contributed by atoms with Crippen molar-refractivity contribution in [1.29, 1.82) is 0 Å². The molecule has 0 fully saturated rings. The molecule has 0 amide bonds. The van der Waals surface area contributed by atoms with Crippen LogP contribution >= 0.6 is 15.9 Å². The van der Waals surface area contributed by atoms with Crippen LogP contribution in [-0.4, -0.2) is 24.5 Å². The molecule has 0 saturated heterocycles. The third kappa shape index (κ3) is 3.93. The van der Waals surface area contributed by atoms with Gasteiger partial charge >= 0.3 is 5.97 Å². The molecule has 17 heavy (non-hydrogen) atoms. The zero-order valence-corrected chi connectivity index (χ0v) is 10.9. The van der Waals surface area contributed by atoms with Gasteiger partial charge in [0, 0.05) is 10.0 Å². The number of ketones is 1. The van der Waals surface area contributed by atoms with Crippen LogP contribution in [0.25, 0.3) is 0 Å². The molecular formula is C12H12BrFO3. The van der Waals surface area contributed by atoms with Crippen LogP contribution < -0.4 is 0 Å². The zero-order valence-electron chi connectivity index (χ0n) is 9.28. The molecule has 1 unspecified atom stereocenters. The Morgan fingerprint density at radius 3 is 2.47 bits per heavy atom. The van der Waals surface area contributed by atoms with Crippen LogP contribution in [0, 0.1) is 0 Å². The lowest BCUT2D eigenvalue weighted by Gasteiger charge is -2.07. The fraction of sp³-hybridized carbons (Fsp3) is 0.333. The first-order valence-corrected chi connectivity index (χ1v) is 5.96. The molecule has 0 spiro atoms. The van der Waals surface area contributed by atoms with Crippen molar-refractivity contribution in [3.63, 3.8) is 0 Å². The predicted molar refractivity (Wildman–Crippen MR) is 64.6 cm³/mol. The van der Waals surface area contributed by atoms with Crippen LogP contribution in [-0.2, 0) is 9.53 Å². The van der Waals surface area contributed by atoms with Crippen molar-refractivity contribution in [2.45, 2.75) is 19.5 Å². The van der Waals surface area contributed by atoms with Crippen molar-refractivity contribution in [2.24, 2.45) is 0 Å². The topological polar surface area (TPSA) is 43.4 Å². The van der Waals surface area contributed by atoms with E-state index >= 15 is 0 Å². The number of benzene rings is 1. The summed E-state index contributed by atoms with van der Waals surface area (Å²) in [6, 6.07) is 6.12. The van der Waals surface area contributed by atoms with Crippen LogP contribution in [0.3, 0.4) is 0 Å². The van der Waals surface area contributed by atoms with E-state index in [1.807, 2.05) is 0 Å². The summed E-state index contributed by atoms with van der Waals surface area (Å²) < 4.78 is 18.8. The van der Waals surface area contributed by atoms with Crippen molar-refractivity contribution < 1.29 is 18.7 Å². The normalized spacial score (nSPS) is 11.9. The Hall–Kier alpha value is -1.23. The molecule has 0 aliphatic heterocycles. The van der Waals surface area contributed by atoms with Crippen LogP contribution in [0.5, 0.6) is 0 Å². The molecule has 92 valence electrons. The molecule has 1 aromatic rings. The first-order chi connectivity index (χ1) is 8.06. The molecule has 1 aromatic carbocycles. The number of hydrogen-bond acceptors (Lipinski definition) is 3. The van der Waals surface area contributed by atoms with Gasteiger partial charge in [-0.05, 0) is 18.6 Å². The van der Waals surface area contributed by atoms with E-state index in [2.05, 4.69) is 20.7 Å². The molecule has 0 aromatic heterocycles. The fourth-order valence-corrected chi connectivity index (χ4v) is 1.41. The van der Waals surface area contributed by atoms with Crippen LogP contribution in [0.1, 0.15) is 23.7 Å². The van der Waals surface area contributed by atoms with E-state index in [-0.39, 0.29) is 12.2 Å². The van der Waals surface area contributed by atoms with Crippen molar-refractivity contribution in [3.05, 3.63) is 34.3 Å². The Morgan fingerprint density at radius 1 is 1.35 bits per heavy atom. The van der Waals surface area contributed by atoms with Crippen molar-refractivity contribution >= 4 is 27.7 Å². The number of carbonyl (C=O) groups is 2. The fourth-order valence-electron chi connectivity index (χ4n) is 1.14. The maximum absolute atomic E-state index is 13.5. The van der Waals surface area contributed by atoms with Crippen molar-refractivity contribution in [2.75, 3.05) is 6.61 Å². The maximum atomic E-state index is 13.5. The SMILES string of the molecule is CCCOC(=O)C(F)C(=O)c1ccc(Br)cc1. The van der Waals surface area contributed by atoms with Gasteiger partial charge in [-0.2, -0.15) is 0 Å². The Balaban J connectivity index is 2.69. The van der Waals surface area contributed by atoms with Gasteiger partial charge in [0.1, 0.15) is 0 Å². The summed E-state index contributed by atoms with van der Waals surface area (Å²) in [6.45, 7) is 1.91. The molecule has 1 rings (SSSR count). The monoisotopic (exact) mass is 302 g/mol. The van der Waals surface area contributed by atoms with Gasteiger partial charge in [-0.3, -0.25) is 4.79 Å². The summed E-state index contributed by atoms with van der Waals surface area (Å²) in [7, 11) is 0. The minimum atomic E-state index is -2.25. The van der Waals surface area contributed by atoms with Gasteiger partial charge in [0.25, 0.3) is 6.17 Å². The summed E-state index contributed by atoms with van der Waals surface area (Å²) in [5.74, 6) is -2.00. The predicted octanol–water partition coefficient (Wildman–Crippen LogP) is 2.92. The Morgan fingerprint density at radius 2 is 1.94 bits per heavy atom. The minimum absolute atomic E-state index is 0.118. The van der Waals surface area contributed by atoms with Crippen LogP contribution in [0.15, 0.2) is 28.7 Å². The number of Topliss-reactive ketones (excluding diaryl/α,β-unsaturated/α-hetero) is 1. The van der Waals surface area contributed by atoms with Crippen molar-refractivity contribution in [1.82, 2.24) is 0 Å². The second kappa shape index (κ2) is 6.49. The van der Waals surface area contributed by atoms with E-state index in [9.17, 15) is 14.0 Å². The maximum Gasteiger partial charge on any atom is 0.349 e. The molecule has 0 heterocycles. The molecule has 5 heteroatoms. The van der Waals surface area contributed by atoms with Gasteiger partial charge in [0.2, 0.25) is 5.78 Å². The van der Waals surface area contributed by atoms with E-state index in [4.69, 9.17) is 0 Å². The summed E-state index contributed by atoms with van der Waals surface area (Å²) in [4.78, 5) is 22.7. The van der Waals surface area contributed by atoms with E-state index in [1.54, 1.807) is 19.1 Å². The number of alkyl halides is 1. The first-order valence-electron chi connectivity index (χ1n) is 5.16. The molecule has 0 radical (unpaired) electrons. The summed E-state index contributed by atoms with van der Waals surface area (Å²) in [6.07, 6.45) is -1.66. The summed E-state index contributed by atoms with van der Waals surface area (Å²) in [5, 5.41) is 0. The number of hydrogen-bond donors (Lipinski definition) is 0. The molecule has 0 aliphatic rings. The number of ether oxygens (including phenoxy) is 1. The number of carbonyl (C=O) groups excluding carboxylic acids is 2. The smallest absolute Gasteiger partial charge is 0.349 e. The third-order valence-electron chi connectivity index (χ3n) is 2.01. The van der Waals surface area contributed by atoms with Gasteiger partial charge in [-0.15, -0.1) is 0 Å². The van der Waals surface area contributed by atoms with Gasteiger partial charge in [0.05, 0.1) is 6.61 Å². The lowest BCUT2D eigenvalue weighted by molar-refractivity contribution is -0.147. The quantitative estimate of drug-likeness (QED) is 0.477. The first kappa shape index (κ1) is 13.8. The summed E-state index contributed by atoms with van der Waals surface area (Å²) >= 11 is 3.20. The highest BCUT2D eigenvalue weighted by Gasteiger charge is 2.28. The second-order valence-corrected chi connectivity index (χ2v) is 4.32. The average molecular weight is 303 g/mol. The average Bonchev–Trinajstić information content (AvgIpc) is 2.35. The highest BCUT2D eigenvalue weighted by molar-refractivity contribution is 9.10. The van der Waals surface area contributed by atoms with Crippen LogP contribution in [0.2, 0.25) is 0 Å². The highest BCUT2D eigenvalue weighted by Crippen LogP contribution is 2.13.